The first kappa shape index (κ1) is 36.7. The van der Waals surface area contributed by atoms with Crippen molar-refractivity contribution in [1.82, 2.24) is 31.5 Å². The maximum Gasteiger partial charge on any atom is 0.407 e. The molecular formula is C36H53FN6O6S. The molecule has 6 rings (SSSR count). The van der Waals surface area contributed by atoms with Crippen LogP contribution >= 0.6 is 11.8 Å². The maximum absolute atomic E-state index is 13.7. The van der Waals surface area contributed by atoms with Gasteiger partial charge in [0.1, 0.15) is 12.4 Å². The van der Waals surface area contributed by atoms with E-state index >= 15 is 0 Å². The maximum atomic E-state index is 13.7. The second-order valence-electron chi connectivity index (χ2n) is 15.4. The van der Waals surface area contributed by atoms with Crippen molar-refractivity contribution >= 4 is 35.7 Å². The number of urea groups is 1. The molecule has 0 spiro atoms. The van der Waals surface area contributed by atoms with Crippen LogP contribution in [0.1, 0.15) is 82.8 Å². The molecule has 0 radical (unpaired) electrons. The molecule has 3 heterocycles. The molecule has 5 N–H and O–H groups in total. The van der Waals surface area contributed by atoms with Gasteiger partial charge in [0.05, 0.1) is 31.8 Å². The van der Waals surface area contributed by atoms with Gasteiger partial charge in [-0.05, 0) is 87.0 Å². The van der Waals surface area contributed by atoms with Gasteiger partial charge in [-0.3, -0.25) is 9.59 Å². The molecule has 5 aliphatic rings. The van der Waals surface area contributed by atoms with Gasteiger partial charge in [-0.1, -0.05) is 19.4 Å². The molecule has 0 aromatic heterocycles. The van der Waals surface area contributed by atoms with E-state index < -0.39 is 11.6 Å². The number of fused-ring (bicyclic) bond motifs is 4. The summed E-state index contributed by atoms with van der Waals surface area (Å²) in [5.41, 5.74) is 1.10. The van der Waals surface area contributed by atoms with Gasteiger partial charge in [-0.2, -0.15) is 11.8 Å². The Kier molecular flexibility index (Phi) is 11.8. The van der Waals surface area contributed by atoms with Gasteiger partial charge in [-0.15, -0.1) is 0 Å². The summed E-state index contributed by atoms with van der Waals surface area (Å²) in [6.45, 7) is 6.50. The quantitative estimate of drug-likeness (QED) is 0.137. The zero-order valence-electron chi connectivity index (χ0n) is 29.3. The van der Waals surface area contributed by atoms with Gasteiger partial charge in [0.25, 0.3) is 0 Å². The number of carbonyl (C=O) groups excluding carboxylic acids is 4. The van der Waals surface area contributed by atoms with Crippen molar-refractivity contribution in [3.05, 3.63) is 35.1 Å². The molecule has 5 amide bonds. The number of nitrogens with zero attached hydrogens (tertiary/aromatic N) is 1. The molecule has 2 saturated carbocycles. The van der Waals surface area contributed by atoms with Crippen molar-refractivity contribution in [2.75, 3.05) is 38.7 Å². The van der Waals surface area contributed by atoms with E-state index in [9.17, 15) is 23.6 Å². The summed E-state index contributed by atoms with van der Waals surface area (Å²) in [5, 5.41) is 16.0. The topological polar surface area (TPSA) is 150 Å². The lowest BCUT2D eigenvalue weighted by atomic mass is 9.58. The van der Waals surface area contributed by atoms with Crippen LogP contribution in [0.15, 0.2) is 18.2 Å². The molecule has 2 aliphatic carbocycles. The normalized spacial score (nSPS) is 31.0. The minimum Gasteiger partial charge on any atom is -0.447 e. The molecule has 1 aromatic rings. The van der Waals surface area contributed by atoms with Crippen molar-refractivity contribution in [2.24, 2.45) is 11.8 Å². The number of hydrogen-bond acceptors (Lipinski definition) is 8. The molecule has 2 saturated heterocycles. The molecule has 7 unspecified atom stereocenters. The van der Waals surface area contributed by atoms with Crippen LogP contribution in [0.3, 0.4) is 0 Å². The highest BCUT2D eigenvalue weighted by Crippen LogP contribution is 2.49. The molecule has 1 aromatic carbocycles. The largest absolute Gasteiger partial charge is 0.447 e. The van der Waals surface area contributed by atoms with Gasteiger partial charge in [0, 0.05) is 48.1 Å². The van der Waals surface area contributed by atoms with E-state index in [0.717, 1.165) is 61.8 Å². The summed E-state index contributed by atoms with van der Waals surface area (Å²) in [5.74, 6) is 1.58. The van der Waals surface area contributed by atoms with Crippen molar-refractivity contribution in [3.63, 3.8) is 0 Å². The Hall–Kier alpha value is -3.10. The van der Waals surface area contributed by atoms with E-state index in [2.05, 4.69) is 40.4 Å². The van der Waals surface area contributed by atoms with E-state index in [-0.39, 0.29) is 61.0 Å². The van der Waals surface area contributed by atoms with Crippen LogP contribution in [0.2, 0.25) is 0 Å². The van der Waals surface area contributed by atoms with Crippen LogP contribution in [-0.2, 0) is 32.2 Å². The molecule has 7 atom stereocenters. The lowest BCUT2D eigenvalue weighted by molar-refractivity contribution is -0.131. The number of hydrogen-bond donors (Lipinski definition) is 5. The van der Waals surface area contributed by atoms with E-state index in [1.807, 2.05) is 11.8 Å². The monoisotopic (exact) mass is 716 g/mol. The highest BCUT2D eigenvalue weighted by atomic mass is 32.2. The molecule has 276 valence electrons. The van der Waals surface area contributed by atoms with Crippen molar-refractivity contribution < 1.29 is 33.0 Å². The predicted molar refractivity (Wildman–Crippen MR) is 188 cm³/mol. The summed E-state index contributed by atoms with van der Waals surface area (Å²) in [4.78, 5) is 51.6. The van der Waals surface area contributed by atoms with Crippen LogP contribution in [-0.4, -0.2) is 95.9 Å². The average Bonchev–Trinajstić information content (AvgIpc) is 3.74. The third-order valence-electron chi connectivity index (χ3n) is 11.0. The van der Waals surface area contributed by atoms with Gasteiger partial charge >= 0.3 is 12.1 Å². The number of halogens is 1. The van der Waals surface area contributed by atoms with Gasteiger partial charge < -0.3 is 41.0 Å². The molecule has 12 nitrogen and oxygen atoms in total. The number of unbranched alkanes of at least 4 members (excludes halogenated alkanes) is 1. The third kappa shape index (κ3) is 9.41. The Morgan fingerprint density at radius 2 is 1.92 bits per heavy atom. The number of alkyl carbamates (subject to hydrolysis) is 1. The fraction of sp³-hybridized carbons (Fsp3) is 0.722. The second-order valence-corrected chi connectivity index (χ2v) is 16.7. The summed E-state index contributed by atoms with van der Waals surface area (Å²) in [6, 6.07) is 5.05. The molecule has 14 heteroatoms. The van der Waals surface area contributed by atoms with Crippen LogP contribution in [0.5, 0.6) is 0 Å². The SMILES string of the molecule is CC1CC2CC(C)(NC(=O)OCCOCCNC(=O)CCCCC3SCC4NC(=O)NC43)CC(NCC(=O)N3Cc4ccc(F)cc4C3)(C1)C2. The minimum atomic E-state index is -0.483. The number of rotatable bonds is 15. The smallest absolute Gasteiger partial charge is 0.407 e. The average molecular weight is 717 g/mol. The van der Waals surface area contributed by atoms with E-state index in [4.69, 9.17) is 9.47 Å². The van der Waals surface area contributed by atoms with Crippen LogP contribution in [0.4, 0.5) is 14.0 Å². The third-order valence-corrected chi connectivity index (χ3v) is 12.5. The summed E-state index contributed by atoms with van der Waals surface area (Å²) < 4.78 is 24.7. The molecule has 50 heavy (non-hydrogen) atoms. The van der Waals surface area contributed by atoms with E-state index in [1.165, 1.54) is 12.1 Å². The van der Waals surface area contributed by atoms with Crippen molar-refractivity contribution in [2.45, 2.75) is 113 Å². The zero-order chi connectivity index (χ0) is 35.3. The first-order valence-corrected chi connectivity index (χ1v) is 19.3. The number of benzene rings is 1. The van der Waals surface area contributed by atoms with Gasteiger partial charge in [0.15, 0.2) is 0 Å². The number of ether oxygens (including phenoxy) is 2. The van der Waals surface area contributed by atoms with E-state index in [0.29, 0.717) is 56.2 Å². The van der Waals surface area contributed by atoms with E-state index in [1.54, 1.807) is 11.0 Å². The first-order valence-electron chi connectivity index (χ1n) is 18.3. The van der Waals surface area contributed by atoms with Crippen molar-refractivity contribution in [1.29, 1.82) is 0 Å². The fourth-order valence-electron chi connectivity index (χ4n) is 9.21. The number of carbonyl (C=O) groups is 4. The Bertz CT molecular complexity index is 1420. The van der Waals surface area contributed by atoms with Crippen LogP contribution in [0.25, 0.3) is 0 Å². The molecule has 4 fully saturated rings. The lowest BCUT2D eigenvalue weighted by Crippen LogP contribution is -2.64. The number of nitrogens with one attached hydrogen (secondary N) is 5. The number of amides is 5. The molecule has 3 aliphatic heterocycles. The van der Waals surface area contributed by atoms with Crippen LogP contribution in [0, 0.1) is 17.7 Å². The first-order chi connectivity index (χ1) is 24.0. The lowest BCUT2D eigenvalue weighted by Gasteiger charge is -2.54. The molecule has 2 bridgehead atoms. The highest BCUT2D eigenvalue weighted by molar-refractivity contribution is 8.00. The Morgan fingerprint density at radius 1 is 1.08 bits per heavy atom. The van der Waals surface area contributed by atoms with Gasteiger partial charge in [-0.25, -0.2) is 14.0 Å². The summed E-state index contributed by atoms with van der Waals surface area (Å²) >= 11 is 1.89. The van der Waals surface area contributed by atoms with Crippen LogP contribution < -0.4 is 26.6 Å². The summed E-state index contributed by atoms with van der Waals surface area (Å²) in [7, 11) is 0. The Balaban J connectivity index is 0.841. The standard InChI is InChI=1S/C36H53FN6O6S/c1-23-13-24-16-35(2,22-36(15-23,17-24)39-18-31(45)43-19-25-7-8-27(37)14-26(25)20-43)42-34(47)49-12-11-48-10-9-38-30(44)6-4-3-5-29-32-28(21-50-29)40-33(46)41-32/h7-8,14,23-24,28-29,32,39H,3-6,9-13,15-22H2,1-2H3,(H,38,44)(H,42,47)(H2,40,41,46). The Morgan fingerprint density at radius 3 is 2.78 bits per heavy atom. The Labute approximate surface area is 298 Å². The number of thioether (sulfide) groups is 1. The van der Waals surface area contributed by atoms with Gasteiger partial charge in [0.2, 0.25) is 11.8 Å². The fourth-order valence-corrected chi connectivity index (χ4v) is 10.8. The van der Waals surface area contributed by atoms with Crippen molar-refractivity contribution in [3.8, 4) is 0 Å². The second kappa shape index (κ2) is 16.1. The predicted octanol–water partition coefficient (Wildman–Crippen LogP) is 3.57. The molecular weight excluding hydrogens is 663 g/mol. The zero-order valence-corrected chi connectivity index (χ0v) is 30.1. The minimum absolute atomic E-state index is 0.00277. The highest BCUT2D eigenvalue weighted by Gasteiger charge is 2.50. The summed E-state index contributed by atoms with van der Waals surface area (Å²) in [6.07, 6.45) is 7.22.